The van der Waals surface area contributed by atoms with Gasteiger partial charge in [0, 0.05) is 32.7 Å². The Hall–Kier alpha value is -2.47. The van der Waals surface area contributed by atoms with Gasteiger partial charge in [-0.1, -0.05) is 26.0 Å². The molecule has 1 heterocycles. The van der Waals surface area contributed by atoms with Gasteiger partial charge in [-0.2, -0.15) is 0 Å². The molecule has 5 nitrogen and oxygen atoms in total. The first kappa shape index (κ1) is 21.2. The molecule has 6 heteroatoms. The maximum absolute atomic E-state index is 14.0. The zero-order chi connectivity index (χ0) is 21.1. The number of hydrogen-bond acceptors (Lipinski definition) is 4. The molecule has 0 atom stereocenters. The summed E-state index contributed by atoms with van der Waals surface area (Å²) in [6, 6.07) is 6.27. The van der Waals surface area contributed by atoms with Crippen molar-refractivity contribution in [1.29, 1.82) is 0 Å². The molecule has 1 saturated heterocycles. The second-order valence-corrected chi connectivity index (χ2v) is 7.93. The summed E-state index contributed by atoms with van der Waals surface area (Å²) in [4.78, 5) is 29.5. The molecular formula is C23H28FN2O3. The fraction of sp³-hybridized carbons (Fsp3) is 0.435. The summed E-state index contributed by atoms with van der Waals surface area (Å²) in [5.74, 6) is 0.484. The van der Waals surface area contributed by atoms with Gasteiger partial charge >= 0.3 is 5.97 Å². The third kappa shape index (κ3) is 4.75. The Morgan fingerprint density at radius 1 is 1.10 bits per heavy atom. The van der Waals surface area contributed by atoms with E-state index in [4.69, 9.17) is 4.74 Å². The molecule has 1 amide bonds. The van der Waals surface area contributed by atoms with E-state index in [1.807, 2.05) is 17.9 Å². The van der Waals surface area contributed by atoms with Gasteiger partial charge in [-0.25, -0.2) is 4.39 Å². The number of halogens is 1. The fourth-order valence-corrected chi connectivity index (χ4v) is 3.93. The number of ether oxygens (including phenoxy) is 1. The second kappa shape index (κ2) is 8.91. The minimum atomic E-state index is -0.384. The number of methoxy groups -OCH3 is 1. The van der Waals surface area contributed by atoms with Gasteiger partial charge in [0.05, 0.1) is 19.1 Å². The highest BCUT2D eigenvalue weighted by atomic mass is 19.1. The van der Waals surface area contributed by atoms with Gasteiger partial charge in [0.25, 0.3) is 5.91 Å². The van der Waals surface area contributed by atoms with Crippen molar-refractivity contribution in [3.63, 3.8) is 0 Å². The average molecular weight is 399 g/mol. The molecule has 1 fully saturated rings. The van der Waals surface area contributed by atoms with E-state index in [1.165, 1.54) is 25.2 Å². The standard InChI is InChI=1S/C23H28FN2O3/c1-15(2)14-25-7-9-26(10-8-25)23(28)22-16(3)18(12-21(27)29-4)11-17-5-6-19(24)13-20(17)22/h5-6,11,13H,7-10,12,14H2,1-4H3. The Bertz CT molecular complexity index is 918. The van der Waals surface area contributed by atoms with Crippen LogP contribution in [0.3, 0.4) is 0 Å². The minimum Gasteiger partial charge on any atom is -0.469 e. The summed E-state index contributed by atoms with van der Waals surface area (Å²) < 4.78 is 18.8. The number of benzene rings is 2. The molecule has 1 aliphatic heterocycles. The van der Waals surface area contributed by atoms with E-state index < -0.39 is 0 Å². The fourth-order valence-electron chi connectivity index (χ4n) is 3.93. The Morgan fingerprint density at radius 2 is 1.79 bits per heavy atom. The van der Waals surface area contributed by atoms with Crippen molar-refractivity contribution in [2.24, 2.45) is 0 Å². The molecule has 0 aromatic heterocycles. The average Bonchev–Trinajstić information content (AvgIpc) is 2.68. The summed E-state index contributed by atoms with van der Waals surface area (Å²) in [6.07, 6.45) is 0.0787. The van der Waals surface area contributed by atoms with Gasteiger partial charge in [-0.15, -0.1) is 0 Å². The highest BCUT2D eigenvalue weighted by Crippen LogP contribution is 2.29. The van der Waals surface area contributed by atoms with Crippen LogP contribution in [0.25, 0.3) is 10.8 Å². The number of nitrogens with zero attached hydrogens (tertiary/aromatic N) is 2. The lowest BCUT2D eigenvalue weighted by molar-refractivity contribution is -0.139. The van der Waals surface area contributed by atoms with Crippen molar-refractivity contribution in [3.05, 3.63) is 52.7 Å². The van der Waals surface area contributed by atoms with Gasteiger partial charge in [-0.3, -0.25) is 14.5 Å². The Kier molecular flexibility index (Phi) is 6.52. The van der Waals surface area contributed by atoms with E-state index in [0.717, 1.165) is 30.6 Å². The number of hydrogen-bond donors (Lipinski definition) is 0. The van der Waals surface area contributed by atoms with E-state index >= 15 is 0 Å². The normalized spacial score (nSPS) is 15.2. The summed E-state index contributed by atoms with van der Waals surface area (Å²) in [5, 5.41) is 1.33. The van der Waals surface area contributed by atoms with Gasteiger partial charge in [0.15, 0.2) is 0 Å². The third-order valence-electron chi connectivity index (χ3n) is 5.45. The molecular weight excluding hydrogens is 371 g/mol. The SMILES string of the molecule is COC(=O)Cc1cc2ccc(F)cc2c(C(=O)N2CCN(C[C](C)C)CC2)c1C. The second-order valence-electron chi connectivity index (χ2n) is 7.93. The predicted molar refractivity (Wildman–Crippen MR) is 111 cm³/mol. The van der Waals surface area contributed by atoms with Crippen LogP contribution in [0.5, 0.6) is 0 Å². The number of fused-ring (bicyclic) bond motifs is 1. The van der Waals surface area contributed by atoms with Crippen LogP contribution in [0.4, 0.5) is 4.39 Å². The smallest absolute Gasteiger partial charge is 0.309 e. The lowest BCUT2D eigenvalue weighted by Crippen LogP contribution is -2.49. The summed E-state index contributed by atoms with van der Waals surface area (Å²) in [5.41, 5.74) is 1.92. The number of amides is 1. The molecule has 1 aliphatic rings. The zero-order valence-electron chi connectivity index (χ0n) is 17.5. The van der Waals surface area contributed by atoms with Crippen molar-refractivity contribution in [3.8, 4) is 0 Å². The Morgan fingerprint density at radius 3 is 2.41 bits per heavy atom. The molecule has 2 aromatic rings. The van der Waals surface area contributed by atoms with Crippen molar-refractivity contribution in [2.45, 2.75) is 27.2 Å². The van der Waals surface area contributed by atoms with Gasteiger partial charge in [0.1, 0.15) is 5.82 Å². The largest absolute Gasteiger partial charge is 0.469 e. The number of carbonyl (C=O) groups is 2. The van der Waals surface area contributed by atoms with E-state index in [1.54, 1.807) is 6.07 Å². The van der Waals surface area contributed by atoms with Crippen LogP contribution >= 0.6 is 0 Å². The van der Waals surface area contributed by atoms with Crippen molar-refractivity contribution in [1.82, 2.24) is 9.80 Å². The van der Waals surface area contributed by atoms with Gasteiger partial charge < -0.3 is 9.64 Å². The summed E-state index contributed by atoms with van der Waals surface area (Å²) in [6.45, 7) is 9.84. The van der Waals surface area contributed by atoms with E-state index in [-0.39, 0.29) is 24.1 Å². The zero-order valence-corrected chi connectivity index (χ0v) is 17.5. The lowest BCUT2D eigenvalue weighted by atomic mass is 9.92. The molecule has 0 saturated carbocycles. The number of carbonyl (C=O) groups excluding carboxylic acids is 2. The van der Waals surface area contributed by atoms with Crippen LogP contribution < -0.4 is 0 Å². The Balaban J connectivity index is 1.96. The monoisotopic (exact) mass is 399 g/mol. The van der Waals surface area contributed by atoms with E-state index in [9.17, 15) is 14.0 Å². The van der Waals surface area contributed by atoms with Crippen LogP contribution in [-0.2, 0) is 16.0 Å². The van der Waals surface area contributed by atoms with Crippen LogP contribution in [0, 0.1) is 18.7 Å². The highest BCUT2D eigenvalue weighted by Gasteiger charge is 2.26. The third-order valence-corrected chi connectivity index (χ3v) is 5.45. The molecule has 29 heavy (non-hydrogen) atoms. The molecule has 155 valence electrons. The predicted octanol–water partition coefficient (Wildman–Crippen LogP) is 3.37. The van der Waals surface area contributed by atoms with Crippen LogP contribution in [0.1, 0.15) is 35.3 Å². The molecule has 1 radical (unpaired) electrons. The number of piperazine rings is 1. The summed E-state index contributed by atoms with van der Waals surface area (Å²) >= 11 is 0. The molecule has 0 aliphatic carbocycles. The van der Waals surface area contributed by atoms with Crippen LogP contribution in [0.15, 0.2) is 24.3 Å². The minimum absolute atomic E-state index is 0.0787. The van der Waals surface area contributed by atoms with Gasteiger partial charge in [0.2, 0.25) is 0 Å². The number of rotatable bonds is 5. The molecule has 0 bridgehead atoms. The lowest BCUT2D eigenvalue weighted by Gasteiger charge is -2.36. The first-order valence-electron chi connectivity index (χ1n) is 9.89. The highest BCUT2D eigenvalue weighted by molar-refractivity contribution is 6.09. The van der Waals surface area contributed by atoms with Crippen molar-refractivity contribution < 1.29 is 18.7 Å². The van der Waals surface area contributed by atoms with E-state index in [2.05, 4.69) is 18.7 Å². The molecule has 3 rings (SSSR count). The van der Waals surface area contributed by atoms with Crippen molar-refractivity contribution in [2.75, 3.05) is 39.8 Å². The van der Waals surface area contributed by atoms with Crippen LogP contribution in [-0.4, -0.2) is 61.5 Å². The summed E-state index contributed by atoms with van der Waals surface area (Å²) in [7, 11) is 1.34. The Labute approximate surface area is 171 Å². The molecule has 2 aromatic carbocycles. The molecule has 0 unspecified atom stereocenters. The van der Waals surface area contributed by atoms with Crippen molar-refractivity contribution >= 4 is 22.6 Å². The van der Waals surface area contributed by atoms with Crippen LogP contribution in [0.2, 0.25) is 0 Å². The van der Waals surface area contributed by atoms with E-state index in [0.29, 0.717) is 29.6 Å². The van der Waals surface area contributed by atoms with Gasteiger partial charge in [-0.05, 0) is 46.9 Å². The maximum Gasteiger partial charge on any atom is 0.309 e. The topological polar surface area (TPSA) is 49.9 Å². The molecule has 0 spiro atoms. The molecule has 0 N–H and O–H groups in total. The first-order chi connectivity index (χ1) is 13.8. The number of esters is 1. The quantitative estimate of drug-likeness (QED) is 0.724. The first-order valence-corrected chi connectivity index (χ1v) is 9.89. The maximum atomic E-state index is 14.0.